The zero-order chi connectivity index (χ0) is 10.6. The van der Waals surface area contributed by atoms with E-state index < -0.39 is 21.2 Å². The van der Waals surface area contributed by atoms with Gasteiger partial charge in [-0.1, -0.05) is 12.5 Å². The maximum atomic E-state index is 11.6. The quantitative estimate of drug-likeness (QED) is 0.723. The van der Waals surface area contributed by atoms with Crippen molar-refractivity contribution in [1.82, 2.24) is 0 Å². The molecule has 1 aliphatic rings. The molecule has 14 heavy (non-hydrogen) atoms. The van der Waals surface area contributed by atoms with Gasteiger partial charge in [0.2, 0.25) is 0 Å². The van der Waals surface area contributed by atoms with Gasteiger partial charge in [0, 0.05) is 0 Å². The fraction of sp³-hybridized carbons (Fsp3) is 0.800. The summed E-state index contributed by atoms with van der Waals surface area (Å²) in [5, 5.41) is 9.18. The number of sulfone groups is 1. The van der Waals surface area contributed by atoms with Crippen LogP contribution in [0.3, 0.4) is 0 Å². The third-order valence-electron chi connectivity index (χ3n) is 2.72. The second kappa shape index (κ2) is 4.94. The summed E-state index contributed by atoms with van der Waals surface area (Å²) in [6, 6.07) is 0. The number of aliphatic hydroxyl groups excluding tert-OH is 1. The molecule has 0 amide bonds. The van der Waals surface area contributed by atoms with Gasteiger partial charge in [0.15, 0.2) is 9.84 Å². The van der Waals surface area contributed by atoms with Gasteiger partial charge in [-0.05, 0) is 25.7 Å². The fourth-order valence-corrected chi connectivity index (χ4v) is 3.94. The van der Waals surface area contributed by atoms with Gasteiger partial charge >= 0.3 is 0 Å². The first-order valence-electron chi connectivity index (χ1n) is 5.08. The number of hydrogen-bond donors (Lipinski definition) is 1. The molecule has 3 nitrogen and oxygen atoms in total. The molecule has 0 spiro atoms. The Hall–Kier alpha value is -0.350. The van der Waals surface area contributed by atoms with E-state index in [1.807, 2.05) is 0 Å². The summed E-state index contributed by atoms with van der Waals surface area (Å²) in [5.41, 5.74) is 0. The van der Waals surface area contributed by atoms with E-state index in [0.717, 1.165) is 12.8 Å². The van der Waals surface area contributed by atoms with E-state index in [9.17, 15) is 13.5 Å². The molecule has 1 aliphatic heterocycles. The monoisotopic (exact) mass is 218 g/mol. The second-order valence-electron chi connectivity index (χ2n) is 3.83. The first-order valence-corrected chi connectivity index (χ1v) is 6.80. The van der Waals surface area contributed by atoms with Gasteiger partial charge in [-0.3, -0.25) is 0 Å². The third-order valence-corrected chi connectivity index (χ3v) is 5.05. The van der Waals surface area contributed by atoms with Crippen LogP contribution < -0.4 is 0 Å². The highest BCUT2D eigenvalue weighted by Crippen LogP contribution is 2.24. The Labute approximate surface area is 85.7 Å². The summed E-state index contributed by atoms with van der Waals surface area (Å²) in [7, 11) is -3.04. The van der Waals surface area contributed by atoms with Gasteiger partial charge in [0.1, 0.15) is 0 Å². The number of allylic oxidation sites excluding steroid dienone is 1. The second-order valence-corrected chi connectivity index (χ2v) is 6.17. The molecule has 82 valence electrons. The van der Waals surface area contributed by atoms with Gasteiger partial charge in [-0.25, -0.2) is 8.42 Å². The van der Waals surface area contributed by atoms with Crippen LogP contribution in [0, 0.1) is 0 Å². The maximum absolute atomic E-state index is 11.6. The molecule has 0 aromatic rings. The molecule has 0 bridgehead atoms. The van der Waals surface area contributed by atoms with Crippen LogP contribution in [0.2, 0.25) is 0 Å². The lowest BCUT2D eigenvalue weighted by Crippen LogP contribution is -2.38. The minimum atomic E-state index is -3.04. The molecule has 4 heteroatoms. The van der Waals surface area contributed by atoms with Crippen LogP contribution in [0.5, 0.6) is 0 Å². The van der Waals surface area contributed by atoms with E-state index in [1.165, 1.54) is 0 Å². The Balaban J connectivity index is 2.60. The standard InChI is InChI=1S/C10H18O3S/c1-2-3-6-9(11)10-7-4-5-8-14(10,12)13/h2,9-11H,1,3-8H2. The number of hydrogen-bond acceptors (Lipinski definition) is 3. The first kappa shape index (κ1) is 11.7. The van der Waals surface area contributed by atoms with Crippen molar-refractivity contribution in [1.29, 1.82) is 0 Å². The lowest BCUT2D eigenvalue weighted by molar-refractivity contribution is 0.153. The van der Waals surface area contributed by atoms with Crippen molar-refractivity contribution in [3.05, 3.63) is 12.7 Å². The van der Waals surface area contributed by atoms with E-state index in [-0.39, 0.29) is 5.75 Å². The fourth-order valence-electron chi connectivity index (χ4n) is 1.89. The molecule has 1 rings (SSSR count). The summed E-state index contributed by atoms with van der Waals surface area (Å²) in [6.45, 7) is 3.55. The van der Waals surface area contributed by atoms with Crippen LogP contribution in [0.4, 0.5) is 0 Å². The van der Waals surface area contributed by atoms with Crippen molar-refractivity contribution in [3.8, 4) is 0 Å². The molecule has 2 atom stereocenters. The predicted molar refractivity (Wildman–Crippen MR) is 56.9 cm³/mol. The third kappa shape index (κ3) is 2.82. The summed E-state index contributed by atoms with van der Waals surface area (Å²) < 4.78 is 23.2. The molecule has 0 radical (unpaired) electrons. The molecule has 0 saturated carbocycles. The minimum Gasteiger partial charge on any atom is -0.392 e. The summed E-state index contributed by atoms with van der Waals surface area (Å²) >= 11 is 0. The van der Waals surface area contributed by atoms with Crippen LogP contribution in [-0.2, 0) is 9.84 Å². The van der Waals surface area contributed by atoms with E-state index in [2.05, 4.69) is 6.58 Å². The Kier molecular flexibility index (Phi) is 4.13. The molecule has 0 aromatic carbocycles. The highest BCUT2D eigenvalue weighted by atomic mass is 32.2. The Morgan fingerprint density at radius 3 is 2.79 bits per heavy atom. The van der Waals surface area contributed by atoms with Crippen LogP contribution in [0.25, 0.3) is 0 Å². The Bertz CT molecular complexity index is 282. The van der Waals surface area contributed by atoms with E-state index in [4.69, 9.17) is 0 Å². The zero-order valence-electron chi connectivity index (χ0n) is 8.35. The van der Waals surface area contributed by atoms with E-state index in [0.29, 0.717) is 19.3 Å². The molecule has 2 unspecified atom stereocenters. The molecule has 0 aromatic heterocycles. The Morgan fingerprint density at radius 2 is 2.21 bits per heavy atom. The maximum Gasteiger partial charge on any atom is 0.155 e. The molecule has 1 fully saturated rings. The average molecular weight is 218 g/mol. The van der Waals surface area contributed by atoms with Crippen molar-refractivity contribution < 1.29 is 13.5 Å². The van der Waals surface area contributed by atoms with E-state index in [1.54, 1.807) is 6.08 Å². The van der Waals surface area contributed by atoms with Gasteiger partial charge < -0.3 is 5.11 Å². The smallest absolute Gasteiger partial charge is 0.155 e. The van der Waals surface area contributed by atoms with Crippen molar-refractivity contribution >= 4 is 9.84 Å². The lowest BCUT2D eigenvalue weighted by Gasteiger charge is -2.26. The molecule has 0 aliphatic carbocycles. The van der Waals surface area contributed by atoms with Gasteiger partial charge in [0.05, 0.1) is 17.1 Å². The summed E-state index contributed by atoms with van der Waals surface area (Å²) in [5.74, 6) is 0.239. The summed E-state index contributed by atoms with van der Waals surface area (Å²) in [6.07, 6.45) is 4.44. The van der Waals surface area contributed by atoms with Gasteiger partial charge in [0.25, 0.3) is 0 Å². The molecular formula is C10H18O3S. The molecule has 1 heterocycles. The predicted octanol–water partition coefficient (Wildman–Crippen LogP) is 1.28. The van der Waals surface area contributed by atoms with Gasteiger partial charge in [-0.15, -0.1) is 6.58 Å². The number of aliphatic hydroxyl groups is 1. The topological polar surface area (TPSA) is 54.4 Å². The number of rotatable bonds is 4. The van der Waals surface area contributed by atoms with Crippen molar-refractivity contribution in [2.75, 3.05) is 5.75 Å². The van der Waals surface area contributed by atoms with Crippen LogP contribution in [-0.4, -0.2) is 30.6 Å². The normalized spacial score (nSPS) is 28.2. The minimum absolute atomic E-state index is 0.239. The molecule has 1 N–H and O–H groups in total. The SMILES string of the molecule is C=CCCC(O)C1CCCCS1(=O)=O. The molecular weight excluding hydrogens is 200 g/mol. The largest absolute Gasteiger partial charge is 0.392 e. The van der Waals surface area contributed by atoms with Crippen molar-refractivity contribution in [3.63, 3.8) is 0 Å². The zero-order valence-corrected chi connectivity index (χ0v) is 9.17. The van der Waals surface area contributed by atoms with Crippen LogP contribution >= 0.6 is 0 Å². The van der Waals surface area contributed by atoms with Crippen LogP contribution in [0.15, 0.2) is 12.7 Å². The molecule has 1 saturated heterocycles. The van der Waals surface area contributed by atoms with E-state index >= 15 is 0 Å². The van der Waals surface area contributed by atoms with Crippen molar-refractivity contribution in [2.24, 2.45) is 0 Å². The summed E-state index contributed by atoms with van der Waals surface area (Å²) in [4.78, 5) is 0. The average Bonchev–Trinajstić information content (AvgIpc) is 2.13. The Morgan fingerprint density at radius 1 is 1.50 bits per heavy atom. The highest BCUT2D eigenvalue weighted by Gasteiger charge is 2.33. The van der Waals surface area contributed by atoms with Gasteiger partial charge in [-0.2, -0.15) is 0 Å². The highest BCUT2D eigenvalue weighted by molar-refractivity contribution is 7.92. The van der Waals surface area contributed by atoms with Crippen molar-refractivity contribution in [2.45, 2.75) is 43.5 Å². The lowest BCUT2D eigenvalue weighted by atomic mass is 10.1. The first-order chi connectivity index (χ1) is 6.58. The van der Waals surface area contributed by atoms with Crippen LogP contribution in [0.1, 0.15) is 32.1 Å².